The van der Waals surface area contributed by atoms with Gasteiger partial charge in [0.05, 0.1) is 15.8 Å². The van der Waals surface area contributed by atoms with Crippen LogP contribution in [0.3, 0.4) is 0 Å². The molecule has 2 aromatic carbocycles. The van der Waals surface area contributed by atoms with Crippen LogP contribution < -0.4 is 5.32 Å². The van der Waals surface area contributed by atoms with E-state index in [1.165, 1.54) is 0 Å². The highest BCUT2D eigenvalue weighted by Gasteiger charge is 2.47. The van der Waals surface area contributed by atoms with Crippen LogP contribution in [-0.4, -0.2) is 46.9 Å². The molecule has 2 aliphatic rings. The summed E-state index contributed by atoms with van der Waals surface area (Å²) < 4.78 is 26.2. The minimum Gasteiger partial charge on any atom is -0.318 e. The van der Waals surface area contributed by atoms with E-state index in [9.17, 15) is 13.2 Å². The Morgan fingerprint density at radius 2 is 1.65 bits per heavy atom. The Morgan fingerprint density at radius 3 is 2.26 bits per heavy atom. The summed E-state index contributed by atoms with van der Waals surface area (Å²) in [5.41, 5.74) is 2.62. The Kier molecular flexibility index (Phi) is 5.02. The first-order valence-electron chi connectivity index (χ1n) is 10.5. The zero-order chi connectivity index (χ0) is 21.4. The second kappa shape index (κ2) is 7.85. The Morgan fingerprint density at radius 1 is 0.968 bits per heavy atom. The zero-order valence-electron chi connectivity index (χ0n) is 16.9. The van der Waals surface area contributed by atoms with E-state index < -0.39 is 15.1 Å². The van der Waals surface area contributed by atoms with Crippen molar-refractivity contribution in [2.45, 2.75) is 47.9 Å². The number of sulfone groups is 1. The van der Waals surface area contributed by atoms with Crippen molar-refractivity contribution in [3.63, 3.8) is 0 Å². The summed E-state index contributed by atoms with van der Waals surface area (Å²) >= 11 is 0. The normalized spacial score (nSPS) is 23.0. The molecule has 31 heavy (non-hydrogen) atoms. The number of urea groups is 1. The molecule has 8 heteroatoms. The number of aromatic amines is 1. The van der Waals surface area contributed by atoms with Crippen molar-refractivity contribution in [2.24, 2.45) is 0 Å². The second-order valence-corrected chi connectivity index (χ2v) is 10.4. The Balaban J connectivity index is 1.28. The smallest absolute Gasteiger partial charge is 0.318 e. The van der Waals surface area contributed by atoms with Gasteiger partial charge in [0.25, 0.3) is 0 Å². The van der Waals surface area contributed by atoms with Gasteiger partial charge in [-0.2, -0.15) is 5.10 Å². The Hall–Kier alpha value is -3.13. The summed E-state index contributed by atoms with van der Waals surface area (Å²) in [5.74, 6) is 0. The molecule has 7 nitrogen and oxygen atoms in total. The molecule has 1 aromatic heterocycles. The maximum atomic E-state index is 13.1. The molecule has 5 rings (SSSR count). The van der Waals surface area contributed by atoms with E-state index in [2.05, 4.69) is 15.5 Å². The number of hydrogen-bond donors (Lipinski definition) is 2. The molecule has 0 saturated carbocycles. The fourth-order valence-corrected chi connectivity index (χ4v) is 6.72. The maximum Gasteiger partial charge on any atom is 0.322 e. The summed E-state index contributed by atoms with van der Waals surface area (Å²) in [6.45, 7) is 0. The molecule has 0 radical (unpaired) electrons. The molecule has 2 unspecified atom stereocenters. The number of fused-ring (bicyclic) bond motifs is 2. The van der Waals surface area contributed by atoms with E-state index in [-0.39, 0.29) is 18.1 Å². The number of rotatable bonds is 4. The van der Waals surface area contributed by atoms with Gasteiger partial charge in [0.15, 0.2) is 9.84 Å². The summed E-state index contributed by atoms with van der Waals surface area (Å²) in [6.07, 6.45) is 4.36. The van der Waals surface area contributed by atoms with Crippen LogP contribution in [0.5, 0.6) is 0 Å². The first kappa shape index (κ1) is 19.8. The largest absolute Gasteiger partial charge is 0.322 e. The van der Waals surface area contributed by atoms with Crippen molar-refractivity contribution >= 4 is 21.6 Å². The molecular formula is C23H24N4O3S. The molecule has 2 bridgehead atoms. The molecule has 2 amide bonds. The average molecular weight is 437 g/mol. The van der Waals surface area contributed by atoms with Gasteiger partial charge in [-0.25, -0.2) is 13.2 Å². The van der Waals surface area contributed by atoms with Crippen molar-refractivity contribution in [3.05, 3.63) is 66.9 Å². The first-order chi connectivity index (χ1) is 15.0. The van der Waals surface area contributed by atoms with Gasteiger partial charge in [-0.15, -0.1) is 0 Å². The predicted octanol–water partition coefficient (Wildman–Crippen LogP) is 4.08. The van der Waals surface area contributed by atoms with Gasteiger partial charge in [-0.1, -0.05) is 30.3 Å². The highest BCUT2D eigenvalue weighted by Crippen LogP contribution is 2.40. The van der Waals surface area contributed by atoms with Crippen LogP contribution in [0.2, 0.25) is 0 Å². The third kappa shape index (κ3) is 3.72. The van der Waals surface area contributed by atoms with E-state index >= 15 is 0 Å². The summed E-state index contributed by atoms with van der Waals surface area (Å²) in [5, 5.41) is 9.41. The molecule has 2 atom stereocenters. The van der Waals surface area contributed by atoms with E-state index in [0.717, 1.165) is 24.1 Å². The number of hydrogen-bond acceptors (Lipinski definition) is 4. The number of piperidine rings is 1. The molecule has 3 heterocycles. The van der Waals surface area contributed by atoms with Gasteiger partial charge in [-0.05, 0) is 61.6 Å². The highest BCUT2D eigenvalue weighted by atomic mass is 32.2. The number of benzene rings is 2. The number of nitrogens with zero attached hydrogens (tertiary/aromatic N) is 2. The number of anilines is 1. The molecule has 2 fully saturated rings. The lowest BCUT2D eigenvalue weighted by atomic mass is 10.0. The molecule has 3 aromatic rings. The van der Waals surface area contributed by atoms with Crippen LogP contribution in [0, 0.1) is 0 Å². The minimum atomic E-state index is -3.39. The van der Waals surface area contributed by atoms with Gasteiger partial charge in [0, 0.05) is 24.0 Å². The average Bonchev–Trinajstić information content (AvgIpc) is 3.41. The van der Waals surface area contributed by atoms with Crippen molar-refractivity contribution < 1.29 is 13.2 Å². The van der Waals surface area contributed by atoms with Gasteiger partial charge >= 0.3 is 6.03 Å². The number of H-pyrrole nitrogens is 1. The molecule has 2 saturated heterocycles. The fraction of sp³-hybridized carbons (Fsp3) is 0.304. The van der Waals surface area contributed by atoms with Crippen molar-refractivity contribution in [1.82, 2.24) is 15.1 Å². The zero-order valence-corrected chi connectivity index (χ0v) is 17.8. The van der Waals surface area contributed by atoms with E-state index in [1.54, 1.807) is 30.5 Å². The molecular weight excluding hydrogens is 412 g/mol. The quantitative estimate of drug-likeness (QED) is 0.644. The topological polar surface area (TPSA) is 95.2 Å². The number of amides is 2. The third-order valence-electron chi connectivity index (χ3n) is 6.38. The van der Waals surface area contributed by atoms with Crippen LogP contribution in [0.1, 0.15) is 25.7 Å². The van der Waals surface area contributed by atoms with E-state index in [1.807, 2.05) is 41.3 Å². The predicted molar refractivity (Wildman–Crippen MR) is 118 cm³/mol. The van der Waals surface area contributed by atoms with Crippen LogP contribution in [-0.2, 0) is 9.84 Å². The lowest BCUT2D eigenvalue weighted by Crippen LogP contribution is -2.51. The van der Waals surface area contributed by atoms with Crippen LogP contribution in [0.4, 0.5) is 10.5 Å². The molecule has 2 N–H and O–H groups in total. The van der Waals surface area contributed by atoms with Crippen LogP contribution in [0.25, 0.3) is 11.3 Å². The van der Waals surface area contributed by atoms with Crippen LogP contribution in [0.15, 0.2) is 71.8 Å². The lowest BCUT2D eigenvalue weighted by Gasteiger charge is -2.38. The van der Waals surface area contributed by atoms with E-state index in [4.69, 9.17) is 0 Å². The summed E-state index contributed by atoms with van der Waals surface area (Å²) in [4.78, 5) is 15.2. The minimum absolute atomic E-state index is 0.0495. The SMILES string of the molecule is O=C(Nc1ccc(-c2ccn[nH]2)cc1)N1C2CCC1CC(S(=O)(=O)c1ccccc1)C2. The molecule has 0 spiro atoms. The van der Waals surface area contributed by atoms with E-state index in [0.29, 0.717) is 23.4 Å². The number of nitrogens with one attached hydrogen (secondary N) is 2. The van der Waals surface area contributed by atoms with Gasteiger partial charge in [0.2, 0.25) is 0 Å². The Bertz CT molecular complexity index is 1150. The van der Waals surface area contributed by atoms with Gasteiger partial charge < -0.3 is 10.2 Å². The third-order valence-corrected chi connectivity index (χ3v) is 8.57. The highest BCUT2D eigenvalue weighted by molar-refractivity contribution is 7.92. The number of carbonyl (C=O) groups is 1. The second-order valence-electron chi connectivity index (χ2n) is 8.22. The van der Waals surface area contributed by atoms with Crippen LogP contribution >= 0.6 is 0 Å². The standard InChI is InChI=1S/C23H24N4O3S/c28-23(25-17-8-6-16(7-9-17)22-12-13-24-26-22)27-18-10-11-19(27)15-21(14-18)31(29,30)20-4-2-1-3-5-20/h1-9,12-13,18-19,21H,10-11,14-15H2,(H,24,26)(H,25,28). The van der Waals surface area contributed by atoms with Gasteiger partial charge in [0.1, 0.15) is 0 Å². The fourth-order valence-electron chi connectivity index (χ4n) is 4.85. The monoisotopic (exact) mass is 436 g/mol. The molecule has 2 aliphatic heterocycles. The van der Waals surface area contributed by atoms with Crippen molar-refractivity contribution in [2.75, 3.05) is 5.32 Å². The number of aromatic nitrogens is 2. The maximum absolute atomic E-state index is 13.1. The lowest BCUT2D eigenvalue weighted by molar-refractivity contribution is 0.160. The molecule has 0 aliphatic carbocycles. The summed E-state index contributed by atoms with van der Waals surface area (Å²) in [7, 11) is -3.39. The Labute approximate surface area is 181 Å². The van der Waals surface area contributed by atoms with Crippen molar-refractivity contribution in [3.8, 4) is 11.3 Å². The number of carbonyl (C=O) groups excluding carboxylic acids is 1. The first-order valence-corrected chi connectivity index (χ1v) is 12.0. The van der Waals surface area contributed by atoms with Crippen molar-refractivity contribution in [1.29, 1.82) is 0 Å². The molecule has 160 valence electrons. The van der Waals surface area contributed by atoms with Gasteiger partial charge in [-0.3, -0.25) is 5.10 Å². The summed E-state index contributed by atoms with van der Waals surface area (Å²) in [6, 6.07) is 17.8.